The van der Waals surface area contributed by atoms with Gasteiger partial charge in [-0.2, -0.15) is 11.3 Å². The number of hydrogen-bond donors (Lipinski definition) is 3. The minimum Gasteiger partial charge on any atom is -0.481 e. The number of nitrogens with zero attached hydrogens (tertiary/aromatic N) is 4. The van der Waals surface area contributed by atoms with E-state index in [1.54, 1.807) is 23.6 Å². The number of aromatic nitrogens is 5. The molecule has 7 rings (SSSR count). The Kier molecular flexibility index (Phi) is 5.99. The molecule has 4 aromatic rings. The number of carbonyl (C=O) groups is 1. The van der Waals surface area contributed by atoms with Gasteiger partial charge >= 0.3 is 5.97 Å². The first-order valence-electron chi connectivity index (χ1n) is 10.9. The van der Waals surface area contributed by atoms with Crippen molar-refractivity contribution in [3.63, 3.8) is 0 Å². The van der Waals surface area contributed by atoms with Gasteiger partial charge in [-0.05, 0) is 42.5 Å². The molecule has 0 aliphatic heterocycles. The van der Waals surface area contributed by atoms with Crippen LogP contribution in [0.15, 0.2) is 35.3 Å². The SMILES string of the molecule is Nc1cc(-c2ccsc2)nc(-c2c[nH]c3ncc(Cl)nc23)n1.O=C(O)C1CC2CCC1CC2. The van der Waals surface area contributed by atoms with Crippen molar-refractivity contribution in [1.82, 2.24) is 24.9 Å². The van der Waals surface area contributed by atoms with Gasteiger partial charge in [0.25, 0.3) is 0 Å². The van der Waals surface area contributed by atoms with Gasteiger partial charge in [0, 0.05) is 23.2 Å². The highest BCUT2D eigenvalue weighted by atomic mass is 35.5. The number of thiophene rings is 1. The number of rotatable bonds is 3. The predicted octanol–water partition coefficient (Wildman–Crippen LogP) is 5.28. The quantitative estimate of drug-likeness (QED) is 0.362. The Morgan fingerprint density at radius 1 is 1.21 bits per heavy atom. The molecule has 4 heterocycles. The zero-order chi connectivity index (χ0) is 22.9. The van der Waals surface area contributed by atoms with Crippen LogP contribution in [0, 0.1) is 17.8 Å². The maximum atomic E-state index is 10.7. The van der Waals surface area contributed by atoms with Gasteiger partial charge in [-0.25, -0.2) is 19.9 Å². The summed E-state index contributed by atoms with van der Waals surface area (Å²) in [5, 5.41) is 13.2. The first kappa shape index (κ1) is 21.8. The first-order chi connectivity index (χ1) is 16.0. The van der Waals surface area contributed by atoms with E-state index in [-0.39, 0.29) is 5.92 Å². The molecular weight excluding hydrogens is 460 g/mol. The van der Waals surface area contributed by atoms with Crippen LogP contribution in [0.25, 0.3) is 33.8 Å². The molecule has 33 heavy (non-hydrogen) atoms. The molecular formula is C23H23ClN6O2S. The van der Waals surface area contributed by atoms with E-state index in [1.807, 2.05) is 16.8 Å². The Bertz CT molecular complexity index is 1280. The minimum atomic E-state index is -0.556. The standard InChI is InChI=1S/C14H9ClN6S.C9H14O2/c15-10-5-18-14-12(20-10)8(4-17-14)13-19-9(3-11(16)21-13)7-1-2-22-6-7;10-9(11)8-5-6-1-3-7(8)4-2-6/h1-6H,(H,17,18)(H2,16,19,21);6-8H,1-5H2,(H,10,11). The molecule has 1 unspecified atom stereocenters. The number of fused-ring (bicyclic) bond motifs is 4. The number of aromatic amines is 1. The number of halogens is 1. The molecule has 2 bridgehead atoms. The summed E-state index contributed by atoms with van der Waals surface area (Å²) >= 11 is 7.53. The highest BCUT2D eigenvalue weighted by Crippen LogP contribution is 2.44. The van der Waals surface area contributed by atoms with E-state index in [1.165, 1.54) is 31.9 Å². The smallest absolute Gasteiger partial charge is 0.306 e. The number of nitrogens with one attached hydrogen (secondary N) is 1. The van der Waals surface area contributed by atoms with E-state index in [0.29, 0.717) is 39.4 Å². The number of carboxylic acids is 1. The Morgan fingerprint density at radius 2 is 2.03 bits per heavy atom. The van der Waals surface area contributed by atoms with Crippen LogP contribution in [0.2, 0.25) is 5.15 Å². The van der Waals surface area contributed by atoms with Crippen LogP contribution in [-0.4, -0.2) is 36.0 Å². The second-order valence-electron chi connectivity index (χ2n) is 8.57. The van der Waals surface area contributed by atoms with Gasteiger partial charge in [-0.15, -0.1) is 0 Å². The number of nitrogens with two attached hydrogens (primary N) is 1. The molecule has 3 fully saturated rings. The Hall–Kier alpha value is -3.04. The van der Waals surface area contributed by atoms with Crippen molar-refractivity contribution < 1.29 is 9.90 Å². The Morgan fingerprint density at radius 3 is 2.67 bits per heavy atom. The van der Waals surface area contributed by atoms with E-state index < -0.39 is 5.97 Å². The number of hydrogen-bond acceptors (Lipinski definition) is 7. The third kappa shape index (κ3) is 4.56. The number of anilines is 1. The summed E-state index contributed by atoms with van der Waals surface area (Å²) < 4.78 is 0. The minimum absolute atomic E-state index is 0.00231. The van der Waals surface area contributed by atoms with Crippen molar-refractivity contribution in [2.75, 3.05) is 5.73 Å². The monoisotopic (exact) mass is 482 g/mol. The lowest BCUT2D eigenvalue weighted by Crippen LogP contribution is -2.35. The van der Waals surface area contributed by atoms with E-state index in [2.05, 4.69) is 24.9 Å². The Labute approximate surface area is 199 Å². The van der Waals surface area contributed by atoms with Crippen LogP contribution in [-0.2, 0) is 4.79 Å². The fourth-order valence-electron chi connectivity index (χ4n) is 4.87. The Balaban J connectivity index is 0.000000174. The summed E-state index contributed by atoms with van der Waals surface area (Å²) in [7, 11) is 0. The first-order valence-corrected chi connectivity index (χ1v) is 12.2. The zero-order valence-electron chi connectivity index (χ0n) is 17.7. The molecule has 4 aromatic heterocycles. The third-order valence-corrected chi connectivity index (χ3v) is 7.39. The summed E-state index contributed by atoms with van der Waals surface area (Å²) in [4.78, 5) is 31.1. The van der Waals surface area contributed by atoms with Gasteiger partial charge in [0.1, 0.15) is 16.5 Å². The lowest BCUT2D eigenvalue weighted by Gasteiger charge is -2.40. The van der Waals surface area contributed by atoms with Crippen molar-refractivity contribution in [2.45, 2.75) is 32.1 Å². The summed E-state index contributed by atoms with van der Waals surface area (Å²) in [6, 6.07) is 3.74. The molecule has 3 aliphatic rings. The van der Waals surface area contributed by atoms with Crippen LogP contribution >= 0.6 is 22.9 Å². The maximum Gasteiger partial charge on any atom is 0.306 e. The molecule has 0 spiro atoms. The number of nitrogen functional groups attached to an aromatic ring is 1. The topological polar surface area (TPSA) is 131 Å². The highest BCUT2D eigenvalue weighted by molar-refractivity contribution is 7.08. The molecule has 170 valence electrons. The van der Waals surface area contributed by atoms with Crippen molar-refractivity contribution in [3.8, 4) is 22.6 Å². The van der Waals surface area contributed by atoms with Crippen LogP contribution in [0.1, 0.15) is 32.1 Å². The number of H-pyrrole nitrogens is 1. The molecule has 1 atom stereocenters. The molecule has 4 N–H and O–H groups in total. The molecule has 0 amide bonds. The fourth-order valence-corrected chi connectivity index (χ4v) is 5.65. The van der Waals surface area contributed by atoms with Gasteiger partial charge in [-0.3, -0.25) is 4.79 Å². The maximum absolute atomic E-state index is 10.7. The zero-order valence-corrected chi connectivity index (χ0v) is 19.3. The van der Waals surface area contributed by atoms with E-state index in [9.17, 15) is 4.79 Å². The van der Waals surface area contributed by atoms with Crippen LogP contribution in [0.5, 0.6) is 0 Å². The van der Waals surface area contributed by atoms with Crippen LogP contribution < -0.4 is 5.73 Å². The average molecular weight is 483 g/mol. The van der Waals surface area contributed by atoms with Gasteiger partial charge < -0.3 is 15.8 Å². The summed E-state index contributed by atoms with van der Waals surface area (Å²) in [5.41, 5.74) is 9.66. The lowest BCUT2D eigenvalue weighted by molar-refractivity contribution is -0.147. The van der Waals surface area contributed by atoms with E-state index in [0.717, 1.165) is 23.6 Å². The van der Waals surface area contributed by atoms with Crippen molar-refractivity contribution >= 4 is 45.9 Å². The normalized spacial score (nSPS) is 21.5. The second kappa shape index (κ2) is 9.07. The summed E-state index contributed by atoms with van der Waals surface area (Å²) in [6.45, 7) is 0. The molecule has 0 saturated heterocycles. The fraction of sp³-hybridized carbons (Fsp3) is 0.348. The van der Waals surface area contributed by atoms with Crippen LogP contribution in [0.3, 0.4) is 0 Å². The molecule has 10 heteroatoms. The summed E-state index contributed by atoms with van der Waals surface area (Å²) in [5.74, 6) is 1.58. The van der Waals surface area contributed by atoms with Gasteiger partial charge in [0.2, 0.25) is 0 Å². The van der Waals surface area contributed by atoms with E-state index >= 15 is 0 Å². The van der Waals surface area contributed by atoms with Gasteiger partial charge in [0.05, 0.1) is 23.4 Å². The molecule has 0 radical (unpaired) electrons. The third-order valence-electron chi connectivity index (χ3n) is 6.52. The number of carboxylic acid groups (broad SMARTS) is 1. The van der Waals surface area contributed by atoms with Crippen molar-refractivity contribution in [1.29, 1.82) is 0 Å². The van der Waals surface area contributed by atoms with Crippen molar-refractivity contribution in [3.05, 3.63) is 40.4 Å². The van der Waals surface area contributed by atoms with E-state index in [4.69, 9.17) is 22.4 Å². The molecule has 3 aliphatic carbocycles. The molecule has 3 saturated carbocycles. The molecule has 0 aromatic carbocycles. The highest BCUT2D eigenvalue weighted by Gasteiger charge is 2.39. The largest absolute Gasteiger partial charge is 0.481 e. The number of aliphatic carboxylic acids is 1. The molecule has 8 nitrogen and oxygen atoms in total. The van der Waals surface area contributed by atoms with Gasteiger partial charge in [-0.1, -0.05) is 24.4 Å². The second-order valence-corrected chi connectivity index (χ2v) is 9.73. The predicted molar refractivity (Wildman–Crippen MR) is 129 cm³/mol. The van der Waals surface area contributed by atoms with Crippen LogP contribution in [0.4, 0.5) is 5.82 Å². The van der Waals surface area contributed by atoms with Gasteiger partial charge in [0.15, 0.2) is 11.5 Å². The van der Waals surface area contributed by atoms with Crippen molar-refractivity contribution in [2.24, 2.45) is 17.8 Å². The average Bonchev–Trinajstić information content (AvgIpc) is 3.50. The lowest BCUT2D eigenvalue weighted by atomic mass is 9.65. The summed E-state index contributed by atoms with van der Waals surface area (Å²) in [6.07, 6.45) is 9.11.